The summed E-state index contributed by atoms with van der Waals surface area (Å²) in [5.74, 6) is -2.03. The van der Waals surface area contributed by atoms with Gasteiger partial charge in [0, 0.05) is 0 Å². The summed E-state index contributed by atoms with van der Waals surface area (Å²) in [7, 11) is -3.85. The summed E-state index contributed by atoms with van der Waals surface area (Å²) < 4.78 is 38.2. The Hall–Kier alpha value is -2.52. The van der Waals surface area contributed by atoms with Crippen molar-refractivity contribution in [3.05, 3.63) is 53.3 Å². The van der Waals surface area contributed by atoms with Crippen molar-refractivity contribution in [1.82, 2.24) is 10.4 Å². The highest BCUT2D eigenvalue weighted by molar-refractivity contribution is 7.92. The summed E-state index contributed by atoms with van der Waals surface area (Å²) in [6.45, 7) is 3.94. The summed E-state index contributed by atoms with van der Waals surface area (Å²) in [5.41, 5.74) is 7.95. The Kier molecular flexibility index (Phi) is 4.92. The number of rotatable bonds is 5. The molecule has 0 radical (unpaired) electrons. The minimum atomic E-state index is -3.85. The van der Waals surface area contributed by atoms with Crippen molar-refractivity contribution in [2.24, 2.45) is 0 Å². The number of fused-ring (bicyclic) bond motifs is 1. The SMILES string of the molecule is Cc1cc(C)c2nc(NNC(=O)CS(=O)(=O)c3ccc(F)cc3)sc2c1. The van der Waals surface area contributed by atoms with Crippen LogP contribution < -0.4 is 10.9 Å². The van der Waals surface area contributed by atoms with Crippen LogP contribution in [0.3, 0.4) is 0 Å². The first-order valence-corrected chi connectivity index (χ1v) is 10.1. The van der Waals surface area contributed by atoms with Crippen LogP contribution in [-0.4, -0.2) is 25.1 Å². The Bertz CT molecular complexity index is 1080. The summed E-state index contributed by atoms with van der Waals surface area (Å²) in [5, 5.41) is 0.459. The van der Waals surface area contributed by atoms with Crippen LogP contribution in [0.25, 0.3) is 10.2 Å². The molecule has 0 saturated carbocycles. The molecule has 1 amide bonds. The Morgan fingerprint density at radius 1 is 1.19 bits per heavy atom. The number of aryl methyl sites for hydroxylation is 2. The minimum Gasteiger partial charge on any atom is -0.273 e. The average molecular weight is 393 g/mol. The van der Waals surface area contributed by atoms with Crippen molar-refractivity contribution in [1.29, 1.82) is 0 Å². The van der Waals surface area contributed by atoms with Gasteiger partial charge in [-0.05, 0) is 55.3 Å². The highest BCUT2D eigenvalue weighted by atomic mass is 32.2. The molecule has 136 valence electrons. The molecule has 0 unspecified atom stereocenters. The number of nitrogens with one attached hydrogen (secondary N) is 2. The highest BCUT2D eigenvalue weighted by Crippen LogP contribution is 2.28. The second kappa shape index (κ2) is 7.00. The molecule has 0 aliphatic heterocycles. The van der Waals surface area contributed by atoms with Crippen LogP contribution in [0.5, 0.6) is 0 Å². The Labute approximate surface area is 154 Å². The summed E-state index contributed by atoms with van der Waals surface area (Å²) in [6, 6.07) is 8.34. The number of hydrogen-bond donors (Lipinski definition) is 2. The van der Waals surface area contributed by atoms with Gasteiger partial charge >= 0.3 is 0 Å². The maximum Gasteiger partial charge on any atom is 0.253 e. The van der Waals surface area contributed by atoms with Crippen molar-refractivity contribution in [2.75, 3.05) is 11.2 Å². The van der Waals surface area contributed by atoms with Crippen LogP contribution in [0.1, 0.15) is 11.1 Å². The topological polar surface area (TPSA) is 88.2 Å². The number of anilines is 1. The molecule has 1 aromatic heterocycles. The molecule has 1 heterocycles. The fraction of sp³-hybridized carbons (Fsp3) is 0.176. The first kappa shape index (κ1) is 18.3. The third-order valence-corrected chi connectivity index (χ3v) is 6.18. The Balaban J connectivity index is 1.67. The molecule has 0 saturated heterocycles. The van der Waals surface area contributed by atoms with Gasteiger partial charge in [-0.2, -0.15) is 0 Å². The van der Waals surface area contributed by atoms with Gasteiger partial charge in [0.25, 0.3) is 5.91 Å². The Morgan fingerprint density at radius 3 is 2.58 bits per heavy atom. The lowest BCUT2D eigenvalue weighted by Crippen LogP contribution is -2.34. The van der Waals surface area contributed by atoms with Gasteiger partial charge in [-0.3, -0.25) is 15.6 Å². The van der Waals surface area contributed by atoms with Gasteiger partial charge < -0.3 is 0 Å². The maximum absolute atomic E-state index is 12.9. The molecule has 6 nitrogen and oxygen atoms in total. The van der Waals surface area contributed by atoms with E-state index < -0.39 is 27.3 Å². The fourth-order valence-corrected chi connectivity index (χ4v) is 4.61. The van der Waals surface area contributed by atoms with Gasteiger partial charge in [-0.25, -0.2) is 17.8 Å². The number of sulfone groups is 1. The van der Waals surface area contributed by atoms with Crippen LogP contribution in [0.15, 0.2) is 41.3 Å². The lowest BCUT2D eigenvalue weighted by molar-refractivity contribution is -0.118. The van der Waals surface area contributed by atoms with Crippen molar-refractivity contribution in [3.8, 4) is 0 Å². The quantitative estimate of drug-likeness (QED) is 0.514. The van der Waals surface area contributed by atoms with Crippen LogP contribution >= 0.6 is 11.3 Å². The zero-order chi connectivity index (χ0) is 18.9. The van der Waals surface area contributed by atoms with Gasteiger partial charge in [0.05, 0.1) is 15.1 Å². The van der Waals surface area contributed by atoms with E-state index in [-0.39, 0.29) is 4.90 Å². The number of aromatic nitrogens is 1. The van der Waals surface area contributed by atoms with Gasteiger partial charge in [0.15, 0.2) is 9.84 Å². The molecule has 3 aromatic rings. The molecule has 0 fully saturated rings. The molecule has 0 spiro atoms. The number of hydrogen-bond acceptors (Lipinski definition) is 6. The molecule has 0 aliphatic carbocycles. The van der Waals surface area contributed by atoms with E-state index in [9.17, 15) is 17.6 Å². The molecular formula is C17H16FN3O3S2. The summed E-state index contributed by atoms with van der Waals surface area (Å²) in [6.07, 6.45) is 0. The van der Waals surface area contributed by atoms with E-state index >= 15 is 0 Å². The average Bonchev–Trinajstić information content (AvgIpc) is 2.96. The van der Waals surface area contributed by atoms with Crippen LogP contribution in [0, 0.1) is 19.7 Å². The van der Waals surface area contributed by atoms with Gasteiger partial charge in [0.1, 0.15) is 11.6 Å². The third kappa shape index (κ3) is 4.00. The molecule has 9 heteroatoms. The zero-order valence-corrected chi connectivity index (χ0v) is 15.7. The number of halogens is 1. The molecular weight excluding hydrogens is 377 g/mol. The zero-order valence-electron chi connectivity index (χ0n) is 14.0. The number of benzene rings is 2. The number of nitrogens with zero attached hydrogens (tertiary/aromatic N) is 1. The van der Waals surface area contributed by atoms with Crippen molar-refractivity contribution in [2.45, 2.75) is 18.7 Å². The lowest BCUT2D eigenvalue weighted by Gasteiger charge is -2.06. The molecule has 2 aromatic carbocycles. The molecule has 0 bridgehead atoms. The Morgan fingerprint density at radius 2 is 1.88 bits per heavy atom. The standard InChI is InChI=1S/C17H16FN3O3S2/c1-10-7-11(2)16-14(8-10)25-17(19-16)21-20-15(22)9-26(23,24)13-5-3-12(18)4-6-13/h3-8H,9H2,1-2H3,(H,19,21)(H,20,22). The van der Waals surface area contributed by atoms with E-state index in [1.54, 1.807) is 0 Å². The number of hydrazine groups is 1. The molecule has 2 N–H and O–H groups in total. The first-order valence-electron chi connectivity index (χ1n) is 7.65. The van der Waals surface area contributed by atoms with Crippen LogP contribution in [0.2, 0.25) is 0 Å². The molecule has 3 rings (SSSR count). The number of amides is 1. The highest BCUT2D eigenvalue weighted by Gasteiger charge is 2.19. The molecule has 0 aliphatic rings. The van der Waals surface area contributed by atoms with Gasteiger partial charge in [-0.15, -0.1) is 0 Å². The fourth-order valence-electron chi connectivity index (χ4n) is 2.48. The smallest absolute Gasteiger partial charge is 0.253 e. The van der Waals surface area contributed by atoms with E-state index in [0.29, 0.717) is 5.13 Å². The second-order valence-corrected chi connectivity index (χ2v) is 8.85. The lowest BCUT2D eigenvalue weighted by atomic mass is 10.1. The monoisotopic (exact) mass is 393 g/mol. The van der Waals surface area contributed by atoms with Gasteiger partial charge in [0.2, 0.25) is 5.13 Å². The largest absolute Gasteiger partial charge is 0.273 e. The van der Waals surface area contributed by atoms with Gasteiger partial charge in [-0.1, -0.05) is 17.4 Å². The predicted octanol–water partition coefficient (Wildman–Crippen LogP) is 2.97. The van der Waals surface area contributed by atoms with E-state index in [0.717, 1.165) is 45.6 Å². The normalized spacial score (nSPS) is 11.5. The predicted molar refractivity (Wildman–Crippen MR) is 99.3 cm³/mol. The first-order chi connectivity index (χ1) is 12.2. The van der Waals surface area contributed by atoms with E-state index in [1.165, 1.54) is 11.3 Å². The summed E-state index contributed by atoms with van der Waals surface area (Å²) in [4.78, 5) is 16.2. The third-order valence-electron chi connectivity index (χ3n) is 3.63. The molecule has 26 heavy (non-hydrogen) atoms. The van der Waals surface area contributed by atoms with E-state index in [1.807, 2.05) is 26.0 Å². The number of carbonyl (C=O) groups is 1. The van der Waals surface area contributed by atoms with E-state index in [2.05, 4.69) is 15.8 Å². The summed E-state index contributed by atoms with van der Waals surface area (Å²) >= 11 is 1.36. The van der Waals surface area contributed by atoms with Crippen LogP contribution in [-0.2, 0) is 14.6 Å². The number of carbonyl (C=O) groups excluding carboxylic acids is 1. The number of thiazole rings is 1. The second-order valence-electron chi connectivity index (χ2n) is 5.83. The maximum atomic E-state index is 12.9. The minimum absolute atomic E-state index is 0.111. The molecule has 0 atom stereocenters. The van der Waals surface area contributed by atoms with E-state index in [4.69, 9.17) is 0 Å². The van der Waals surface area contributed by atoms with Crippen molar-refractivity contribution in [3.63, 3.8) is 0 Å². The van der Waals surface area contributed by atoms with Crippen molar-refractivity contribution < 1.29 is 17.6 Å². The van der Waals surface area contributed by atoms with Crippen molar-refractivity contribution >= 4 is 42.4 Å². The van der Waals surface area contributed by atoms with Crippen LogP contribution in [0.4, 0.5) is 9.52 Å².